The highest BCUT2D eigenvalue weighted by molar-refractivity contribution is 7.17. The van der Waals surface area contributed by atoms with E-state index in [0.29, 0.717) is 34.0 Å². The number of carbonyl (C=O) groups excluding carboxylic acids is 3. The van der Waals surface area contributed by atoms with E-state index >= 15 is 0 Å². The average Bonchev–Trinajstić information content (AvgIpc) is 3.32. The molecule has 2 aromatic rings. The van der Waals surface area contributed by atoms with Crippen LogP contribution in [-0.2, 0) is 19.1 Å². The van der Waals surface area contributed by atoms with Gasteiger partial charge in [0.25, 0.3) is 5.91 Å². The zero-order chi connectivity index (χ0) is 24.1. The monoisotopic (exact) mass is 482 g/mol. The Bertz CT molecular complexity index is 1220. The molecule has 1 aliphatic carbocycles. The minimum absolute atomic E-state index is 0.0230. The number of aromatic nitrogens is 1. The molecule has 1 saturated carbocycles. The van der Waals surface area contributed by atoms with E-state index in [9.17, 15) is 19.5 Å². The van der Waals surface area contributed by atoms with E-state index in [1.54, 1.807) is 26.0 Å². The Balaban J connectivity index is 1.62. The van der Waals surface area contributed by atoms with Crippen molar-refractivity contribution < 1.29 is 29.0 Å². The summed E-state index contributed by atoms with van der Waals surface area (Å²) in [6.07, 6.45) is 2.07. The van der Waals surface area contributed by atoms with Crippen molar-refractivity contribution in [1.82, 2.24) is 4.98 Å². The van der Waals surface area contributed by atoms with Crippen molar-refractivity contribution in [1.29, 1.82) is 0 Å². The molecule has 8 nitrogen and oxygen atoms in total. The Morgan fingerprint density at radius 1 is 1.32 bits per heavy atom. The minimum atomic E-state index is -0.805. The topological polar surface area (TPSA) is 106 Å². The molecule has 0 spiro atoms. The van der Waals surface area contributed by atoms with Gasteiger partial charge in [-0.2, -0.15) is 0 Å². The molecule has 178 valence electrons. The van der Waals surface area contributed by atoms with Crippen LogP contribution in [0.2, 0.25) is 0 Å². The number of benzene rings is 1. The largest absolute Gasteiger partial charge is 0.508 e. The molecule has 1 N–H and O–H groups in total. The lowest BCUT2D eigenvalue weighted by Crippen LogP contribution is -2.41. The van der Waals surface area contributed by atoms with Gasteiger partial charge in [-0.3, -0.25) is 14.5 Å². The number of phenols is 1. The lowest BCUT2D eigenvalue weighted by atomic mass is 9.74. The van der Waals surface area contributed by atoms with Crippen molar-refractivity contribution in [3.63, 3.8) is 0 Å². The number of amides is 1. The third kappa shape index (κ3) is 3.58. The Kier molecular flexibility index (Phi) is 5.67. The molecule has 3 aliphatic rings. The summed E-state index contributed by atoms with van der Waals surface area (Å²) in [6.45, 7) is 5.75. The number of hydrogen-bond acceptors (Lipinski definition) is 8. The number of ketones is 1. The fraction of sp³-hybridized carbons (Fsp3) is 0.440. The Morgan fingerprint density at radius 2 is 2.12 bits per heavy atom. The number of phenolic OH excluding ortho intramolecular Hbond substituents is 1. The van der Waals surface area contributed by atoms with Gasteiger partial charge in [-0.25, -0.2) is 9.78 Å². The number of fused-ring (bicyclic) bond motifs is 1. The van der Waals surface area contributed by atoms with Crippen LogP contribution in [0.15, 0.2) is 35.6 Å². The van der Waals surface area contributed by atoms with E-state index in [1.807, 2.05) is 0 Å². The van der Waals surface area contributed by atoms with E-state index < -0.39 is 17.9 Å². The van der Waals surface area contributed by atoms with E-state index in [1.165, 1.54) is 17.0 Å². The van der Waals surface area contributed by atoms with Gasteiger partial charge in [0.1, 0.15) is 16.7 Å². The average molecular weight is 483 g/mol. The van der Waals surface area contributed by atoms with Gasteiger partial charge in [0, 0.05) is 0 Å². The lowest BCUT2D eigenvalue weighted by molar-refractivity contribution is -0.132. The minimum Gasteiger partial charge on any atom is -0.508 e. The molecule has 34 heavy (non-hydrogen) atoms. The first-order valence-corrected chi connectivity index (χ1v) is 12.3. The highest BCUT2D eigenvalue weighted by Crippen LogP contribution is 2.50. The van der Waals surface area contributed by atoms with Gasteiger partial charge in [-0.1, -0.05) is 30.4 Å². The second kappa shape index (κ2) is 8.54. The van der Waals surface area contributed by atoms with E-state index in [2.05, 4.69) is 11.9 Å². The summed E-state index contributed by atoms with van der Waals surface area (Å²) < 4.78 is 11.3. The quantitative estimate of drug-likeness (QED) is 0.655. The maximum atomic E-state index is 13.8. The van der Waals surface area contributed by atoms with Gasteiger partial charge in [0.05, 0.1) is 29.8 Å². The SMILES string of the molecule is CCOC(=O)c1sc(N2C(=O)C3=C(C(=O)C4CC(C)CCC4O3)C2c2cccc(O)c2)nc1C. The van der Waals surface area contributed by atoms with Gasteiger partial charge in [-0.15, -0.1) is 0 Å². The van der Waals surface area contributed by atoms with Crippen LogP contribution < -0.4 is 4.90 Å². The number of ether oxygens (including phenoxy) is 2. The van der Waals surface area contributed by atoms with Crippen molar-refractivity contribution in [2.24, 2.45) is 11.8 Å². The number of hydrogen-bond donors (Lipinski definition) is 1. The highest BCUT2D eigenvalue weighted by Gasteiger charge is 2.53. The molecular weight excluding hydrogens is 456 g/mol. The number of Topliss-reactive ketones (excluding diaryl/α,β-unsaturated/α-hetero) is 1. The number of aromatic hydroxyl groups is 1. The van der Waals surface area contributed by atoms with Crippen LogP contribution in [0.25, 0.3) is 0 Å². The van der Waals surface area contributed by atoms with Crippen molar-refractivity contribution in [2.45, 2.75) is 52.2 Å². The standard InChI is InChI=1S/C25H26N2O6S/c1-4-32-24(31)22-13(3)26-25(34-22)27-19(14-6-5-7-15(28)11-14)18-20(29)16-10-12(2)8-9-17(16)33-21(18)23(27)30/h5-7,11-12,16-17,19,28H,4,8-10H2,1-3H3. The van der Waals surface area contributed by atoms with Gasteiger partial charge < -0.3 is 14.6 Å². The molecule has 9 heteroatoms. The Labute approximate surface area is 201 Å². The van der Waals surface area contributed by atoms with Crippen molar-refractivity contribution in [3.05, 3.63) is 51.7 Å². The second-order valence-electron chi connectivity index (χ2n) is 9.09. The lowest BCUT2D eigenvalue weighted by Gasteiger charge is -2.37. The predicted molar refractivity (Wildman–Crippen MR) is 125 cm³/mol. The van der Waals surface area contributed by atoms with Gasteiger partial charge in [-0.05, 0) is 56.7 Å². The third-order valence-electron chi connectivity index (χ3n) is 6.75. The molecule has 4 atom stereocenters. The van der Waals surface area contributed by atoms with Crippen LogP contribution >= 0.6 is 11.3 Å². The number of carbonyl (C=O) groups is 3. The molecule has 3 heterocycles. The maximum absolute atomic E-state index is 13.8. The second-order valence-corrected chi connectivity index (χ2v) is 10.1. The zero-order valence-corrected chi connectivity index (χ0v) is 20.1. The van der Waals surface area contributed by atoms with Crippen molar-refractivity contribution in [2.75, 3.05) is 11.5 Å². The molecule has 0 saturated heterocycles. The Hall–Kier alpha value is -3.20. The molecule has 1 amide bonds. The van der Waals surface area contributed by atoms with Crippen LogP contribution in [0.3, 0.4) is 0 Å². The van der Waals surface area contributed by atoms with Gasteiger partial charge in [0.15, 0.2) is 16.7 Å². The number of nitrogens with zero attached hydrogens (tertiary/aromatic N) is 2. The first kappa shape index (κ1) is 22.6. The van der Waals surface area contributed by atoms with Crippen molar-refractivity contribution in [3.8, 4) is 5.75 Å². The number of esters is 1. The van der Waals surface area contributed by atoms with Crippen LogP contribution in [-0.4, -0.2) is 40.5 Å². The number of anilines is 1. The highest BCUT2D eigenvalue weighted by atomic mass is 32.1. The zero-order valence-electron chi connectivity index (χ0n) is 19.2. The van der Waals surface area contributed by atoms with Crippen LogP contribution in [0.4, 0.5) is 5.13 Å². The normalized spacial score (nSPS) is 26.3. The number of thiazole rings is 1. The smallest absolute Gasteiger partial charge is 0.350 e. The molecular formula is C25H26N2O6S. The van der Waals surface area contributed by atoms with E-state index in [4.69, 9.17) is 9.47 Å². The Morgan fingerprint density at radius 3 is 2.85 bits per heavy atom. The molecule has 1 aromatic heterocycles. The summed E-state index contributed by atoms with van der Waals surface area (Å²) in [4.78, 5) is 46.1. The summed E-state index contributed by atoms with van der Waals surface area (Å²) >= 11 is 1.05. The van der Waals surface area contributed by atoms with Gasteiger partial charge >= 0.3 is 5.97 Å². The third-order valence-corrected chi connectivity index (χ3v) is 7.88. The molecule has 4 unspecified atom stereocenters. The first-order valence-electron chi connectivity index (χ1n) is 11.5. The maximum Gasteiger partial charge on any atom is 0.350 e. The van der Waals surface area contributed by atoms with E-state index in [-0.39, 0.29) is 41.1 Å². The molecule has 1 fully saturated rings. The number of rotatable bonds is 4. The number of aryl methyl sites for hydroxylation is 1. The summed E-state index contributed by atoms with van der Waals surface area (Å²) in [5, 5.41) is 10.4. The molecule has 0 bridgehead atoms. The fourth-order valence-electron chi connectivity index (χ4n) is 5.16. The van der Waals surface area contributed by atoms with Gasteiger partial charge in [0.2, 0.25) is 0 Å². The summed E-state index contributed by atoms with van der Waals surface area (Å²) in [5.74, 6) is -0.872. The first-order chi connectivity index (χ1) is 16.3. The van der Waals surface area contributed by atoms with Crippen molar-refractivity contribution >= 4 is 34.1 Å². The molecule has 2 aliphatic heterocycles. The summed E-state index contributed by atoms with van der Waals surface area (Å²) in [7, 11) is 0. The fourth-order valence-corrected chi connectivity index (χ4v) is 6.14. The molecule has 1 aromatic carbocycles. The molecule has 0 radical (unpaired) electrons. The molecule has 5 rings (SSSR count). The summed E-state index contributed by atoms with van der Waals surface area (Å²) in [5.41, 5.74) is 1.32. The van der Waals surface area contributed by atoms with Crippen LogP contribution in [0.5, 0.6) is 5.75 Å². The van der Waals surface area contributed by atoms with E-state index in [0.717, 1.165) is 24.2 Å². The summed E-state index contributed by atoms with van der Waals surface area (Å²) in [6, 6.07) is 5.69. The van der Waals surface area contributed by atoms with Crippen LogP contribution in [0.1, 0.15) is 60.1 Å². The van der Waals surface area contributed by atoms with Crippen LogP contribution in [0, 0.1) is 18.8 Å². The predicted octanol–water partition coefficient (Wildman–Crippen LogP) is 4.08.